The molecule has 1 atom stereocenters. The highest BCUT2D eigenvalue weighted by atomic mass is 15.2. The maximum Gasteiger partial charge on any atom is 0.0192 e. The first-order valence-electron chi connectivity index (χ1n) is 6.75. The molecule has 96 valence electrons. The van der Waals surface area contributed by atoms with Crippen LogP contribution in [0, 0.1) is 0 Å². The molecule has 1 rings (SSSR count). The van der Waals surface area contributed by atoms with E-state index in [1.54, 1.807) is 0 Å². The van der Waals surface area contributed by atoms with E-state index >= 15 is 0 Å². The Bertz CT molecular complexity index is 178. The zero-order valence-corrected chi connectivity index (χ0v) is 11.5. The first-order valence-corrected chi connectivity index (χ1v) is 6.75. The van der Waals surface area contributed by atoms with E-state index in [9.17, 15) is 0 Å². The van der Waals surface area contributed by atoms with Gasteiger partial charge in [0.05, 0.1) is 0 Å². The molecule has 3 heteroatoms. The van der Waals surface area contributed by atoms with Crippen LogP contribution in [0.4, 0.5) is 0 Å². The molecule has 1 fully saturated rings. The van der Waals surface area contributed by atoms with Crippen LogP contribution in [0.1, 0.15) is 33.1 Å². The van der Waals surface area contributed by atoms with Crippen molar-refractivity contribution < 1.29 is 0 Å². The Kier molecular flexibility index (Phi) is 6.32. The van der Waals surface area contributed by atoms with Gasteiger partial charge in [0.1, 0.15) is 0 Å². The fourth-order valence-corrected chi connectivity index (χ4v) is 1.92. The van der Waals surface area contributed by atoms with Crippen molar-refractivity contribution in [2.45, 2.75) is 45.2 Å². The quantitative estimate of drug-likeness (QED) is 0.642. The number of nitrogens with one attached hydrogen (secondary N) is 1. The van der Waals surface area contributed by atoms with Crippen LogP contribution in [0.3, 0.4) is 0 Å². The van der Waals surface area contributed by atoms with Crippen LogP contribution >= 0.6 is 0 Å². The van der Waals surface area contributed by atoms with Gasteiger partial charge in [-0.1, -0.05) is 6.92 Å². The Morgan fingerprint density at radius 3 is 2.38 bits per heavy atom. The number of hydrogen-bond acceptors (Lipinski definition) is 3. The fraction of sp³-hybridized carbons (Fsp3) is 1.00. The van der Waals surface area contributed by atoms with Crippen LogP contribution in [0.15, 0.2) is 0 Å². The molecule has 0 spiro atoms. The Balaban J connectivity index is 2.21. The molecule has 0 amide bonds. The van der Waals surface area contributed by atoms with Gasteiger partial charge < -0.3 is 10.2 Å². The van der Waals surface area contributed by atoms with E-state index in [1.807, 2.05) is 0 Å². The molecule has 0 saturated heterocycles. The van der Waals surface area contributed by atoms with Crippen molar-refractivity contribution >= 4 is 0 Å². The van der Waals surface area contributed by atoms with Crippen LogP contribution in [0.5, 0.6) is 0 Å². The topological polar surface area (TPSA) is 18.5 Å². The largest absolute Gasteiger partial charge is 0.312 e. The lowest BCUT2D eigenvalue weighted by Gasteiger charge is -2.30. The Hall–Kier alpha value is -0.120. The number of rotatable bonds is 9. The zero-order valence-electron chi connectivity index (χ0n) is 11.5. The molecule has 1 aliphatic rings. The molecular weight excluding hydrogens is 198 g/mol. The van der Waals surface area contributed by atoms with E-state index in [4.69, 9.17) is 0 Å². The first-order chi connectivity index (χ1) is 7.63. The van der Waals surface area contributed by atoms with E-state index in [1.165, 1.54) is 32.4 Å². The molecule has 0 radical (unpaired) electrons. The minimum Gasteiger partial charge on any atom is -0.312 e. The summed E-state index contributed by atoms with van der Waals surface area (Å²) >= 11 is 0. The van der Waals surface area contributed by atoms with Crippen LogP contribution in [-0.2, 0) is 0 Å². The van der Waals surface area contributed by atoms with Crippen molar-refractivity contribution in [3.8, 4) is 0 Å². The van der Waals surface area contributed by atoms with Gasteiger partial charge in [-0.2, -0.15) is 0 Å². The van der Waals surface area contributed by atoms with Gasteiger partial charge in [0.25, 0.3) is 0 Å². The van der Waals surface area contributed by atoms with E-state index in [0.29, 0.717) is 6.04 Å². The molecule has 0 aromatic heterocycles. The standard InChI is InChI=1S/C13H29N3/c1-5-8-16(10-9-15(3)4)12(2)11-14-13-6-7-13/h12-14H,5-11H2,1-4H3. The maximum absolute atomic E-state index is 3.63. The number of likely N-dealkylation sites (N-methyl/N-ethyl adjacent to an activating group) is 1. The first kappa shape index (κ1) is 13.9. The monoisotopic (exact) mass is 227 g/mol. The molecule has 0 aromatic carbocycles. The lowest BCUT2D eigenvalue weighted by molar-refractivity contribution is 0.185. The van der Waals surface area contributed by atoms with Crippen molar-refractivity contribution in [2.75, 3.05) is 40.3 Å². The van der Waals surface area contributed by atoms with Crippen molar-refractivity contribution in [3.63, 3.8) is 0 Å². The van der Waals surface area contributed by atoms with Gasteiger partial charge in [0, 0.05) is 31.7 Å². The van der Waals surface area contributed by atoms with Crippen molar-refractivity contribution in [3.05, 3.63) is 0 Å². The maximum atomic E-state index is 3.63. The predicted octanol–water partition coefficient (Wildman–Crippen LogP) is 1.40. The summed E-state index contributed by atoms with van der Waals surface area (Å²) in [7, 11) is 4.30. The molecule has 1 N–H and O–H groups in total. The second-order valence-electron chi connectivity index (χ2n) is 5.37. The van der Waals surface area contributed by atoms with E-state index in [2.05, 4.69) is 43.1 Å². The molecule has 0 aromatic rings. The highest BCUT2D eigenvalue weighted by Gasteiger charge is 2.22. The third kappa shape index (κ3) is 5.83. The lowest BCUT2D eigenvalue weighted by atomic mass is 10.2. The van der Waals surface area contributed by atoms with E-state index in [-0.39, 0.29) is 0 Å². The smallest absolute Gasteiger partial charge is 0.0192 e. The minimum absolute atomic E-state index is 0.667. The summed E-state index contributed by atoms with van der Waals surface area (Å²) in [5.41, 5.74) is 0. The van der Waals surface area contributed by atoms with Crippen LogP contribution in [-0.4, -0.2) is 62.2 Å². The van der Waals surface area contributed by atoms with E-state index in [0.717, 1.165) is 19.1 Å². The molecule has 1 aliphatic carbocycles. The Morgan fingerprint density at radius 1 is 1.19 bits per heavy atom. The Morgan fingerprint density at radius 2 is 1.88 bits per heavy atom. The fourth-order valence-electron chi connectivity index (χ4n) is 1.92. The van der Waals surface area contributed by atoms with Gasteiger partial charge in [0.2, 0.25) is 0 Å². The summed E-state index contributed by atoms with van der Waals surface area (Å²) in [6.45, 7) is 9.34. The summed E-state index contributed by atoms with van der Waals surface area (Å²) in [5.74, 6) is 0. The summed E-state index contributed by atoms with van der Waals surface area (Å²) in [4.78, 5) is 4.87. The average molecular weight is 227 g/mol. The second kappa shape index (κ2) is 7.25. The molecule has 0 heterocycles. The molecule has 3 nitrogen and oxygen atoms in total. The minimum atomic E-state index is 0.667. The van der Waals surface area contributed by atoms with Gasteiger partial charge in [-0.15, -0.1) is 0 Å². The van der Waals surface area contributed by atoms with Gasteiger partial charge in [-0.25, -0.2) is 0 Å². The molecular formula is C13H29N3. The molecule has 0 bridgehead atoms. The number of nitrogens with zero attached hydrogens (tertiary/aromatic N) is 2. The van der Waals surface area contributed by atoms with Gasteiger partial charge >= 0.3 is 0 Å². The molecule has 0 aliphatic heterocycles. The Labute approximate surface area is 101 Å². The number of hydrogen-bond donors (Lipinski definition) is 1. The predicted molar refractivity (Wildman–Crippen MR) is 70.9 cm³/mol. The van der Waals surface area contributed by atoms with Crippen molar-refractivity contribution in [1.29, 1.82) is 0 Å². The van der Waals surface area contributed by atoms with Crippen LogP contribution < -0.4 is 5.32 Å². The second-order valence-corrected chi connectivity index (χ2v) is 5.37. The summed E-state index contributed by atoms with van der Waals surface area (Å²) in [6, 6.07) is 1.50. The van der Waals surface area contributed by atoms with Gasteiger partial charge in [0.15, 0.2) is 0 Å². The summed E-state index contributed by atoms with van der Waals surface area (Å²) in [6.07, 6.45) is 4.03. The molecule has 1 saturated carbocycles. The average Bonchev–Trinajstić information content (AvgIpc) is 3.04. The zero-order chi connectivity index (χ0) is 12.0. The van der Waals surface area contributed by atoms with Crippen LogP contribution in [0.25, 0.3) is 0 Å². The highest BCUT2D eigenvalue weighted by Crippen LogP contribution is 2.18. The van der Waals surface area contributed by atoms with Crippen molar-refractivity contribution in [2.24, 2.45) is 0 Å². The van der Waals surface area contributed by atoms with Gasteiger partial charge in [-0.05, 0) is 46.8 Å². The highest BCUT2D eigenvalue weighted by molar-refractivity contribution is 4.83. The SMILES string of the molecule is CCCN(CCN(C)C)C(C)CNC1CC1. The lowest BCUT2D eigenvalue weighted by Crippen LogP contribution is -2.44. The molecule has 16 heavy (non-hydrogen) atoms. The molecule has 1 unspecified atom stereocenters. The van der Waals surface area contributed by atoms with E-state index < -0.39 is 0 Å². The van der Waals surface area contributed by atoms with Gasteiger partial charge in [-0.3, -0.25) is 4.90 Å². The summed E-state index contributed by atoms with van der Waals surface area (Å²) in [5, 5.41) is 3.63. The van der Waals surface area contributed by atoms with Crippen molar-refractivity contribution in [1.82, 2.24) is 15.1 Å². The van der Waals surface area contributed by atoms with Crippen LogP contribution in [0.2, 0.25) is 0 Å². The summed E-state index contributed by atoms with van der Waals surface area (Å²) < 4.78 is 0. The third-order valence-electron chi connectivity index (χ3n) is 3.25. The normalized spacial score (nSPS) is 18.4. The third-order valence-corrected chi connectivity index (χ3v) is 3.25.